The smallest absolute Gasteiger partial charge is 0.325 e. The summed E-state index contributed by atoms with van der Waals surface area (Å²) >= 11 is 3.34. The Hall–Kier alpha value is -1.85. The Morgan fingerprint density at radius 2 is 1.90 bits per heavy atom. The standard InChI is InChI=1S/C16H16BrNO3/c1-21-14-5-3-2-4-12(14)10-18-15(16(19)20)11-6-8-13(17)9-7-11/h2-9,15,18H,10H2,1H3,(H,19,20). The number of carboxylic acids is 1. The number of para-hydroxylation sites is 1. The summed E-state index contributed by atoms with van der Waals surface area (Å²) < 4.78 is 6.18. The van der Waals surface area contributed by atoms with E-state index in [4.69, 9.17) is 4.74 Å². The molecule has 1 atom stereocenters. The van der Waals surface area contributed by atoms with Crippen LogP contribution in [0.1, 0.15) is 17.2 Å². The molecule has 2 aromatic carbocycles. The molecule has 1 unspecified atom stereocenters. The summed E-state index contributed by atoms with van der Waals surface area (Å²) in [6.45, 7) is 0.414. The van der Waals surface area contributed by atoms with E-state index in [-0.39, 0.29) is 0 Å². The van der Waals surface area contributed by atoms with Gasteiger partial charge in [0.05, 0.1) is 7.11 Å². The normalized spacial score (nSPS) is 11.9. The lowest BCUT2D eigenvalue weighted by Gasteiger charge is -2.16. The summed E-state index contributed by atoms with van der Waals surface area (Å²) in [6.07, 6.45) is 0. The molecule has 2 aromatic rings. The third kappa shape index (κ3) is 4.06. The highest BCUT2D eigenvalue weighted by molar-refractivity contribution is 9.10. The van der Waals surface area contributed by atoms with E-state index in [9.17, 15) is 9.90 Å². The monoisotopic (exact) mass is 349 g/mol. The topological polar surface area (TPSA) is 58.6 Å². The quantitative estimate of drug-likeness (QED) is 0.839. The van der Waals surface area contributed by atoms with Crippen molar-refractivity contribution in [1.29, 1.82) is 0 Å². The summed E-state index contributed by atoms with van der Waals surface area (Å²) in [5.41, 5.74) is 1.63. The number of carboxylic acid groups (broad SMARTS) is 1. The number of halogens is 1. The fourth-order valence-corrected chi connectivity index (χ4v) is 2.33. The van der Waals surface area contributed by atoms with Crippen LogP contribution in [-0.2, 0) is 11.3 Å². The molecular formula is C16H16BrNO3. The maximum Gasteiger partial charge on any atom is 0.325 e. The highest BCUT2D eigenvalue weighted by atomic mass is 79.9. The Labute approximate surface area is 131 Å². The number of hydrogen-bond donors (Lipinski definition) is 2. The molecule has 5 heteroatoms. The van der Waals surface area contributed by atoms with Crippen molar-refractivity contribution in [2.45, 2.75) is 12.6 Å². The second kappa shape index (κ2) is 7.24. The van der Waals surface area contributed by atoms with Gasteiger partial charge in [-0.25, -0.2) is 0 Å². The Morgan fingerprint density at radius 1 is 1.24 bits per heavy atom. The molecule has 0 heterocycles. The van der Waals surface area contributed by atoms with Crippen molar-refractivity contribution in [3.05, 3.63) is 64.1 Å². The van der Waals surface area contributed by atoms with E-state index in [0.717, 1.165) is 15.8 Å². The van der Waals surface area contributed by atoms with Gasteiger partial charge in [-0.1, -0.05) is 46.3 Å². The fourth-order valence-electron chi connectivity index (χ4n) is 2.06. The molecule has 4 nitrogen and oxygen atoms in total. The molecule has 21 heavy (non-hydrogen) atoms. The van der Waals surface area contributed by atoms with Crippen LogP contribution in [0.5, 0.6) is 5.75 Å². The second-order valence-electron chi connectivity index (χ2n) is 4.52. The Morgan fingerprint density at radius 3 is 2.52 bits per heavy atom. The number of nitrogens with one attached hydrogen (secondary N) is 1. The first-order chi connectivity index (χ1) is 10.1. The first-order valence-corrected chi connectivity index (χ1v) is 7.24. The maximum atomic E-state index is 11.5. The zero-order valence-electron chi connectivity index (χ0n) is 11.5. The van der Waals surface area contributed by atoms with Gasteiger partial charge in [0.2, 0.25) is 0 Å². The van der Waals surface area contributed by atoms with Gasteiger partial charge >= 0.3 is 5.97 Å². The minimum atomic E-state index is -0.910. The van der Waals surface area contributed by atoms with Gasteiger partial charge in [-0.2, -0.15) is 0 Å². The van der Waals surface area contributed by atoms with Crippen molar-refractivity contribution in [1.82, 2.24) is 5.32 Å². The van der Waals surface area contributed by atoms with Crippen LogP contribution >= 0.6 is 15.9 Å². The lowest BCUT2D eigenvalue weighted by molar-refractivity contribution is -0.139. The van der Waals surface area contributed by atoms with Crippen LogP contribution < -0.4 is 10.1 Å². The van der Waals surface area contributed by atoms with Gasteiger partial charge in [0.1, 0.15) is 11.8 Å². The number of hydrogen-bond acceptors (Lipinski definition) is 3. The van der Waals surface area contributed by atoms with Gasteiger partial charge in [-0.05, 0) is 23.8 Å². The third-order valence-electron chi connectivity index (χ3n) is 3.14. The van der Waals surface area contributed by atoms with E-state index in [1.807, 2.05) is 36.4 Å². The molecule has 110 valence electrons. The highest BCUT2D eigenvalue weighted by Gasteiger charge is 2.19. The van der Waals surface area contributed by atoms with Crippen molar-refractivity contribution in [2.75, 3.05) is 7.11 Å². The third-order valence-corrected chi connectivity index (χ3v) is 3.67. The number of ether oxygens (including phenoxy) is 1. The van der Waals surface area contributed by atoms with Crippen LogP contribution in [0.25, 0.3) is 0 Å². The molecule has 0 saturated carbocycles. The van der Waals surface area contributed by atoms with Crippen molar-refractivity contribution >= 4 is 21.9 Å². The summed E-state index contributed by atoms with van der Waals surface area (Å²) in [5, 5.41) is 12.4. The number of rotatable bonds is 6. The maximum absolute atomic E-state index is 11.5. The van der Waals surface area contributed by atoms with Crippen LogP contribution in [-0.4, -0.2) is 18.2 Å². The first kappa shape index (κ1) is 15.5. The predicted molar refractivity (Wildman–Crippen MR) is 84.4 cm³/mol. The van der Waals surface area contributed by atoms with Gasteiger partial charge in [0.25, 0.3) is 0 Å². The Balaban J connectivity index is 2.14. The van der Waals surface area contributed by atoms with Gasteiger partial charge in [-0.15, -0.1) is 0 Å². The van der Waals surface area contributed by atoms with Crippen LogP contribution in [0.15, 0.2) is 53.0 Å². The van der Waals surface area contributed by atoms with E-state index >= 15 is 0 Å². The van der Waals surface area contributed by atoms with Gasteiger partial charge in [0, 0.05) is 16.6 Å². The Kier molecular flexibility index (Phi) is 5.36. The van der Waals surface area contributed by atoms with E-state index < -0.39 is 12.0 Å². The first-order valence-electron chi connectivity index (χ1n) is 6.45. The average molecular weight is 350 g/mol. The van der Waals surface area contributed by atoms with E-state index in [1.165, 1.54) is 0 Å². The van der Waals surface area contributed by atoms with Gasteiger partial charge in [-0.3, -0.25) is 10.1 Å². The molecule has 0 radical (unpaired) electrons. The minimum absolute atomic E-state index is 0.414. The minimum Gasteiger partial charge on any atom is -0.496 e. The van der Waals surface area contributed by atoms with E-state index in [2.05, 4.69) is 21.2 Å². The molecule has 0 aliphatic heterocycles. The molecule has 0 fully saturated rings. The Bertz CT molecular complexity index is 613. The molecule has 0 bridgehead atoms. The lowest BCUT2D eigenvalue weighted by Crippen LogP contribution is -2.28. The summed E-state index contributed by atoms with van der Waals surface area (Å²) in [7, 11) is 1.60. The fraction of sp³-hybridized carbons (Fsp3) is 0.188. The number of aliphatic carboxylic acids is 1. The van der Waals surface area contributed by atoms with Crippen molar-refractivity contribution in [2.24, 2.45) is 0 Å². The predicted octanol–water partition coefficient (Wildman–Crippen LogP) is 3.37. The summed E-state index contributed by atoms with van der Waals surface area (Å²) in [4.78, 5) is 11.5. The molecule has 0 spiro atoms. The van der Waals surface area contributed by atoms with Crippen LogP contribution in [0.2, 0.25) is 0 Å². The van der Waals surface area contributed by atoms with Gasteiger partial charge < -0.3 is 9.84 Å². The number of benzene rings is 2. The molecule has 0 saturated heterocycles. The highest BCUT2D eigenvalue weighted by Crippen LogP contribution is 2.21. The van der Waals surface area contributed by atoms with Crippen molar-refractivity contribution in [3.8, 4) is 5.75 Å². The zero-order valence-corrected chi connectivity index (χ0v) is 13.1. The molecular weight excluding hydrogens is 334 g/mol. The summed E-state index contributed by atoms with van der Waals surface area (Å²) in [5.74, 6) is -0.169. The summed E-state index contributed by atoms with van der Waals surface area (Å²) in [6, 6.07) is 14.0. The van der Waals surface area contributed by atoms with Gasteiger partial charge in [0.15, 0.2) is 0 Å². The van der Waals surface area contributed by atoms with Crippen molar-refractivity contribution < 1.29 is 14.6 Å². The van der Waals surface area contributed by atoms with E-state index in [0.29, 0.717) is 12.1 Å². The lowest BCUT2D eigenvalue weighted by atomic mass is 10.1. The van der Waals surface area contributed by atoms with Crippen LogP contribution in [0, 0.1) is 0 Å². The second-order valence-corrected chi connectivity index (χ2v) is 5.43. The van der Waals surface area contributed by atoms with Crippen LogP contribution in [0.3, 0.4) is 0 Å². The molecule has 2 rings (SSSR count). The number of carbonyl (C=O) groups is 1. The zero-order chi connectivity index (χ0) is 15.2. The van der Waals surface area contributed by atoms with Crippen molar-refractivity contribution in [3.63, 3.8) is 0 Å². The SMILES string of the molecule is COc1ccccc1CNC(C(=O)O)c1ccc(Br)cc1. The molecule has 0 amide bonds. The number of methoxy groups -OCH3 is 1. The average Bonchev–Trinajstić information content (AvgIpc) is 2.49. The molecule has 0 aliphatic rings. The molecule has 0 aromatic heterocycles. The van der Waals surface area contributed by atoms with Crippen LogP contribution in [0.4, 0.5) is 0 Å². The molecule has 0 aliphatic carbocycles. The largest absolute Gasteiger partial charge is 0.496 e. The molecule has 2 N–H and O–H groups in total. The van der Waals surface area contributed by atoms with E-state index in [1.54, 1.807) is 19.2 Å².